The van der Waals surface area contributed by atoms with Crippen molar-refractivity contribution in [1.82, 2.24) is 4.90 Å². The highest BCUT2D eigenvalue weighted by Crippen LogP contribution is 2.32. The van der Waals surface area contributed by atoms with E-state index in [1.54, 1.807) is 6.07 Å². The monoisotopic (exact) mass is 405 g/mol. The first-order valence-corrected chi connectivity index (χ1v) is 9.84. The van der Waals surface area contributed by atoms with Crippen LogP contribution in [0.4, 0.5) is 24.5 Å². The molecule has 29 heavy (non-hydrogen) atoms. The van der Waals surface area contributed by atoms with Crippen LogP contribution in [0.3, 0.4) is 0 Å². The first kappa shape index (κ1) is 21.2. The molecule has 1 saturated heterocycles. The molecule has 0 spiro atoms. The van der Waals surface area contributed by atoms with Crippen molar-refractivity contribution in [3.63, 3.8) is 0 Å². The lowest BCUT2D eigenvalue weighted by atomic mass is 10.1. The molecule has 3 rings (SSSR count). The van der Waals surface area contributed by atoms with Crippen LogP contribution in [-0.2, 0) is 17.4 Å². The standard InChI is InChI=1S/C22H26F3N3O/c1-3-17-7-9-19(10-8-17)26-21(29)16(2)27-11-13-28(14-12-27)20-6-4-5-18(15-20)22(23,24)25/h4-10,15-16H,3,11-14H2,1-2H3,(H,26,29)/t16-/m1/s1. The number of nitrogens with one attached hydrogen (secondary N) is 1. The number of carbonyl (C=O) groups excluding carboxylic acids is 1. The molecule has 1 heterocycles. The van der Waals surface area contributed by atoms with Crippen molar-refractivity contribution in [3.05, 3.63) is 59.7 Å². The molecule has 1 atom stereocenters. The topological polar surface area (TPSA) is 35.6 Å². The highest BCUT2D eigenvalue weighted by atomic mass is 19.4. The number of amides is 1. The Bertz CT molecular complexity index is 828. The van der Waals surface area contributed by atoms with Crippen LogP contribution in [0.5, 0.6) is 0 Å². The number of piperazine rings is 1. The van der Waals surface area contributed by atoms with E-state index in [0.29, 0.717) is 31.9 Å². The van der Waals surface area contributed by atoms with E-state index in [1.807, 2.05) is 36.1 Å². The van der Waals surface area contributed by atoms with E-state index in [-0.39, 0.29) is 11.9 Å². The Morgan fingerprint density at radius 2 is 1.72 bits per heavy atom. The fourth-order valence-corrected chi connectivity index (χ4v) is 3.48. The summed E-state index contributed by atoms with van der Waals surface area (Å²) < 4.78 is 38.8. The average Bonchev–Trinajstić information content (AvgIpc) is 2.73. The maximum Gasteiger partial charge on any atom is 0.416 e. The van der Waals surface area contributed by atoms with Gasteiger partial charge in [-0.1, -0.05) is 25.1 Å². The molecule has 0 bridgehead atoms. The van der Waals surface area contributed by atoms with Crippen molar-refractivity contribution in [2.45, 2.75) is 32.5 Å². The summed E-state index contributed by atoms with van der Waals surface area (Å²) in [5.41, 5.74) is 1.90. The smallest absolute Gasteiger partial charge is 0.369 e. The van der Waals surface area contributed by atoms with Crippen molar-refractivity contribution < 1.29 is 18.0 Å². The van der Waals surface area contributed by atoms with E-state index < -0.39 is 11.7 Å². The summed E-state index contributed by atoms with van der Waals surface area (Å²) in [7, 11) is 0. The molecule has 1 aliphatic rings. The third kappa shape index (κ3) is 5.29. The van der Waals surface area contributed by atoms with Gasteiger partial charge in [0.15, 0.2) is 0 Å². The Labute approximate surface area is 169 Å². The molecule has 7 heteroatoms. The van der Waals surface area contributed by atoms with Gasteiger partial charge in [0.25, 0.3) is 0 Å². The van der Waals surface area contributed by atoms with Gasteiger partial charge in [0.2, 0.25) is 5.91 Å². The molecule has 0 unspecified atom stereocenters. The first-order chi connectivity index (χ1) is 13.8. The molecule has 1 aliphatic heterocycles. The maximum atomic E-state index is 12.9. The van der Waals surface area contributed by atoms with Crippen molar-refractivity contribution in [2.75, 3.05) is 36.4 Å². The summed E-state index contributed by atoms with van der Waals surface area (Å²) in [5, 5.41) is 2.94. The molecule has 0 aromatic heterocycles. The Kier molecular flexibility index (Phi) is 6.47. The van der Waals surface area contributed by atoms with Crippen LogP contribution in [0.15, 0.2) is 48.5 Å². The van der Waals surface area contributed by atoms with Gasteiger partial charge in [0.05, 0.1) is 11.6 Å². The number of anilines is 2. The van der Waals surface area contributed by atoms with Crippen LogP contribution in [0.25, 0.3) is 0 Å². The molecule has 0 saturated carbocycles. The second kappa shape index (κ2) is 8.86. The number of nitrogens with zero attached hydrogens (tertiary/aromatic N) is 2. The van der Waals surface area contributed by atoms with Gasteiger partial charge in [0.1, 0.15) is 0 Å². The molecule has 1 N–H and O–H groups in total. The van der Waals surface area contributed by atoms with Gasteiger partial charge < -0.3 is 10.2 Å². The van der Waals surface area contributed by atoms with Crippen LogP contribution in [0, 0.1) is 0 Å². The van der Waals surface area contributed by atoms with Crippen LogP contribution in [0.2, 0.25) is 0 Å². The average molecular weight is 405 g/mol. The van der Waals surface area contributed by atoms with Gasteiger partial charge in [-0.3, -0.25) is 9.69 Å². The predicted molar refractivity (Wildman–Crippen MR) is 109 cm³/mol. The van der Waals surface area contributed by atoms with E-state index in [2.05, 4.69) is 17.1 Å². The van der Waals surface area contributed by atoms with Crippen molar-refractivity contribution in [3.8, 4) is 0 Å². The summed E-state index contributed by atoms with van der Waals surface area (Å²) in [6.07, 6.45) is -3.40. The zero-order valence-electron chi connectivity index (χ0n) is 16.7. The maximum absolute atomic E-state index is 12.9. The van der Waals surface area contributed by atoms with Gasteiger partial charge in [-0.2, -0.15) is 13.2 Å². The second-order valence-corrected chi connectivity index (χ2v) is 7.29. The van der Waals surface area contributed by atoms with E-state index in [4.69, 9.17) is 0 Å². The molecule has 156 valence electrons. The van der Waals surface area contributed by atoms with E-state index >= 15 is 0 Å². The minimum Gasteiger partial charge on any atom is -0.369 e. The minimum atomic E-state index is -4.35. The lowest BCUT2D eigenvalue weighted by molar-refractivity contribution is -0.137. The van der Waals surface area contributed by atoms with Crippen LogP contribution in [-0.4, -0.2) is 43.0 Å². The normalized spacial score (nSPS) is 16.5. The van der Waals surface area contributed by atoms with Crippen LogP contribution in [0.1, 0.15) is 25.0 Å². The Balaban J connectivity index is 1.56. The molecule has 2 aromatic carbocycles. The minimum absolute atomic E-state index is 0.0817. The lowest BCUT2D eigenvalue weighted by Gasteiger charge is -2.38. The SMILES string of the molecule is CCc1ccc(NC(=O)[C@@H](C)N2CCN(c3cccc(C(F)(F)F)c3)CC2)cc1. The number of hydrogen-bond donors (Lipinski definition) is 1. The number of benzene rings is 2. The van der Waals surface area contributed by atoms with Gasteiger partial charge >= 0.3 is 6.18 Å². The van der Waals surface area contributed by atoms with E-state index in [9.17, 15) is 18.0 Å². The Hall–Kier alpha value is -2.54. The summed E-state index contributed by atoms with van der Waals surface area (Å²) in [6, 6.07) is 12.9. The van der Waals surface area contributed by atoms with E-state index in [0.717, 1.165) is 18.2 Å². The van der Waals surface area contributed by atoms with Crippen LogP contribution >= 0.6 is 0 Å². The number of rotatable bonds is 5. The molecule has 2 aromatic rings. The van der Waals surface area contributed by atoms with Crippen molar-refractivity contribution in [2.24, 2.45) is 0 Å². The van der Waals surface area contributed by atoms with Gasteiger partial charge in [-0.05, 0) is 49.2 Å². The highest BCUT2D eigenvalue weighted by molar-refractivity contribution is 5.94. The number of aryl methyl sites for hydroxylation is 1. The van der Waals surface area contributed by atoms with Crippen molar-refractivity contribution in [1.29, 1.82) is 0 Å². The summed E-state index contributed by atoms with van der Waals surface area (Å²) in [4.78, 5) is 16.6. The molecule has 0 radical (unpaired) electrons. The molecular formula is C22H26F3N3O. The zero-order valence-corrected chi connectivity index (χ0v) is 16.7. The number of halogens is 3. The molecule has 1 amide bonds. The molecular weight excluding hydrogens is 379 g/mol. The van der Waals surface area contributed by atoms with Crippen LogP contribution < -0.4 is 10.2 Å². The molecule has 4 nitrogen and oxygen atoms in total. The van der Waals surface area contributed by atoms with Gasteiger partial charge in [-0.25, -0.2) is 0 Å². The second-order valence-electron chi connectivity index (χ2n) is 7.29. The third-order valence-corrected chi connectivity index (χ3v) is 5.41. The largest absolute Gasteiger partial charge is 0.416 e. The first-order valence-electron chi connectivity index (χ1n) is 9.84. The quantitative estimate of drug-likeness (QED) is 0.800. The van der Waals surface area contributed by atoms with Gasteiger partial charge in [-0.15, -0.1) is 0 Å². The molecule has 1 fully saturated rings. The number of hydrogen-bond acceptors (Lipinski definition) is 3. The van der Waals surface area contributed by atoms with Gasteiger partial charge in [0, 0.05) is 37.6 Å². The number of carbonyl (C=O) groups is 1. The van der Waals surface area contributed by atoms with E-state index in [1.165, 1.54) is 17.7 Å². The Morgan fingerprint density at radius 1 is 1.07 bits per heavy atom. The number of alkyl halides is 3. The lowest BCUT2D eigenvalue weighted by Crippen LogP contribution is -2.52. The molecule has 0 aliphatic carbocycles. The fourth-order valence-electron chi connectivity index (χ4n) is 3.48. The Morgan fingerprint density at radius 3 is 2.31 bits per heavy atom. The summed E-state index contributed by atoms with van der Waals surface area (Å²) in [6.45, 7) is 6.30. The summed E-state index contributed by atoms with van der Waals surface area (Å²) in [5.74, 6) is -0.0817. The predicted octanol–water partition coefficient (Wildman–Crippen LogP) is 4.42. The summed E-state index contributed by atoms with van der Waals surface area (Å²) >= 11 is 0. The fraction of sp³-hybridized carbons (Fsp3) is 0.409. The highest BCUT2D eigenvalue weighted by Gasteiger charge is 2.31. The third-order valence-electron chi connectivity index (χ3n) is 5.41. The zero-order chi connectivity index (χ0) is 21.0. The van der Waals surface area contributed by atoms with Crippen molar-refractivity contribution >= 4 is 17.3 Å².